The van der Waals surface area contributed by atoms with Gasteiger partial charge in [-0.3, -0.25) is 4.79 Å². The van der Waals surface area contributed by atoms with E-state index in [1.54, 1.807) is 17.0 Å². The molecule has 0 saturated carbocycles. The number of hydrogen-bond donors (Lipinski definition) is 2. The van der Waals surface area contributed by atoms with Crippen LogP contribution in [-0.2, 0) is 4.74 Å². The number of aliphatic hydroxyl groups excluding tert-OH is 1. The van der Waals surface area contributed by atoms with Gasteiger partial charge in [-0.25, -0.2) is 0 Å². The van der Waals surface area contributed by atoms with Crippen LogP contribution < -0.4 is 0 Å². The Balaban J connectivity index is 2.16. The molecule has 18 heavy (non-hydrogen) atoms. The third kappa shape index (κ3) is 2.85. The molecule has 1 amide bonds. The number of carbonyl (C=O) groups is 1. The van der Waals surface area contributed by atoms with Crippen LogP contribution in [0.15, 0.2) is 29.2 Å². The number of rotatable bonds is 2. The van der Waals surface area contributed by atoms with E-state index in [2.05, 4.69) is 12.6 Å². The van der Waals surface area contributed by atoms with E-state index in [0.29, 0.717) is 18.7 Å². The monoisotopic (exact) mass is 267 g/mol. The van der Waals surface area contributed by atoms with Crippen LogP contribution in [0.1, 0.15) is 17.3 Å². The van der Waals surface area contributed by atoms with Crippen molar-refractivity contribution in [3.8, 4) is 0 Å². The van der Waals surface area contributed by atoms with Crippen LogP contribution in [0.5, 0.6) is 0 Å². The lowest BCUT2D eigenvalue weighted by Crippen LogP contribution is -2.52. The van der Waals surface area contributed by atoms with Gasteiger partial charge in [-0.05, 0) is 25.1 Å². The van der Waals surface area contributed by atoms with E-state index in [4.69, 9.17) is 9.84 Å². The summed E-state index contributed by atoms with van der Waals surface area (Å²) in [7, 11) is 0. The van der Waals surface area contributed by atoms with Crippen LogP contribution in [0, 0.1) is 0 Å². The molecule has 1 aliphatic rings. The van der Waals surface area contributed by atoms with Gasteiger partial charge in [-0.15, -0.1) is 12.6 Å². The Morgan fingerprint density at radius 1 is 1.61 bits per heavy atom. The number of ether oxygens (including phenoxy) is 1. The van der Waals surface area contributed by atoms with Crippen LogP contribution in [0.3, 0.4) is 0 Å². The Hall–Kier alpha value is -1.04. The molecule has 1 saturated heterocycles. The first-order chi connectivity index (χ1) is 8.61. The largest absolute Gasteiger partial charge is 0.394 e. The fourth-order valence-electron chi connectivity index (χ4n) is 2.02. The lowest BCUT2D eigenvalue weighted by molar-refractivity contribution is -0.0667. The van der Waals surface area contributed by atoms with E-state index in [1.165, 1.54) is 0 Å². The fourth-order valence-corrected chi connectivity index (χ4v) is 2.24. The predicted molar refractivity (Wildman–Crippen MR) is 71.0 cm³/mol. The molecule has 98 valence electrons. The summed E-state index contributed by atoms with van der Waals surface area (Å²) in [6.07, 6.45) is -0.288. The summed E-state index contributed by atoms with van der Waals surface area (Å²) in [5.41, 5.74) is 0.618. The third-order valence-corrected chi connectivity index (χ3v) is 3.34. The summed E-state index contributed by atoms with van der Waals surface area (Å²) < 4.78 is 5.42. The van der Waals surface area contributed by atoms with Crippen molar-refractivity contribution in [3.05, 3.63) is 29.8 Å². The second-order valence-corrected chi connectivity index (χ2v) is 5.01. The second kappa shape index (κ2) is 5.73. The number of morpholine rings is 1. The predicted octanol–water partition coefficient (Wildman–Crippen LogP) is 1.20. The van der Waals surface area contributed by atoms with Crippen molar-refractivity contribution in [2.45, 2.75) is 24.0 Å². The van der Waals surface area contributed by atoms with E-state index < -0.39 is 0 Å². The van der Waals surface area contributed by atoms with Gasteiger partial charge in [0.2, 0.25) is 0 Å². The maximum Gasteiger partial charge on any atom is 0.254 e. The SMILES string of the molecule is CC1COC(CO)CN1C(=O)c1cccc(S)c1. The number of thiol groups is 1. The zero-order chi connectivity index (χ0) is 13.1. The summed E-state index contributed by atoms with van der Waals surface area (Å²) in [6, 6.07) is 7.19. The average Bonchev–Trinajstić information content (AvgIpc) is 2.38. The number of nitrogens with zero attached hydrogens (tertiary/aromatic N) is 1. The van der Waals surface area contributed by atoms with Crippen molar-refractivity contribution in [2.75, 3.05) is 19.8 Å². The molecule has 2 atom stereocenters. The summed E-state index contributed by atoms with van der Waals surface area (Å²) in [4.78, 5) is 14.9. The first-order valence-corrected chi connectivity index (χ1v) is 6.39. The molecular formula is C13H17NO3S. The summed E-state index contributed by atoms with van der Waals surface area (Å²) in [6.45, 7) is 2.75. The average molecular weight is 267 g/mol. The minimum atomic E-state index is -0.288. The van der Waals surface area contributed by atoms with Gasteiger partial charge < -0.3 is 14.7 Å². The van der Waals surface area contributed by atoms with Gasteiger partial charge in [-0.1, -0.05) is 6.07 Å². The molecule has 2 rings (SSSR count). The highest BCUT2D eigenvalue weighted by atomic mass is 32.1. The van der Waals surface area contributed by atoms with E-state index >= 15 is 0 Å². The van der Waals surface area contributed by atoms with Crippen molar-refractivity contribution in [1.82, 2.24) is 4.90 Å². The molecule has 0 aliphatic carbocycles. The molecule has 0 radical (unpaired) electrons. The van der Waals surface area contributed by atoms with Crippen LogP contribution in [0.2, 0.25) is 0 Å². The Morgan fingerprint density at radius 2 is 2.39 bits per heavy atom. The van der Waals surface area contributed by atoms with Crippen molar-refractivity contribution in [2.24, 2.45) is 0 Å². The van der Waals surface area contributed by atoms with E-state index in [0.717, 1.165) is 4.90 Å². The summed E-state index contributed by atoms with van der Waals surface area (Å²) >= 11 is 4.24. The van der Waals surface area contributed by atoms with Crippen LogP contribution in [0.4, 0.5) is 0 Å². The summed E-state index contributed by atoms with van der Waals surface area (Å²) in [5, 5.41) is 9.12. The highest BCUT2D eigenvalue weighted by Gasteiger charge is 2.29. The number of hydrogen-bond acceptors (Lipinski definition) is 4. The Morgan fingerprint density at radius 3 is 3.06 bits per heavy atom. The zero-order valence-electron chi connectivity index (χ0n) is 10.2. The topological polar surface area (TPSA) is 49.8 Å². The molecule has 0 aromatic heterocycles. The Kier molecular flexibility index (Phi) is 4.27. The minimum Gasteiger partial charge on any atom is -0.394 e. The first-order valence-electron chi connectivity index (χ1n) is 5.94. The molecule has 1 aliphatic heterocycles. The minimum absolute atomic E-state index is 0.0175. The Labute approximate surface area is 112 Å². The fraction of sp³-hybridized carbons (Fsp3) is 0.462. The molecule has 0 spiro atoms. The van der Waals surface area contributed by atoms with E-state index in [9.17, 15) is 4.79 Å². The zero-order valence-corrected chi connectivity index (χ0v) is 11.1. The molecule has 1 fully saturated rings. The van der Waals surface area contributed by atoms with Gasteiger partial charge >= 0.3 is 0 Å². The van der Waals surface area contributed by atoms with Crippen molar-refractivity contribution >= 4 is 18.5 Å². The molecule has 1 heterocycles. The van der Waals surface area contributed by atoms with Crippen molar-refractivity contribution in [3.63, 3.8) is 0 Å². The van der Waals surface area contributed by atoms with E-state index in [1.807, 2.05) is 19.1 Å². The van der Waals surface area contributed by atoms with Gasteiger partial charge in [0.15, 0.2) is 0 Å². The van der Waals surface area contributed by atoms with Gasteiger partial charge in [0, 0.05) is 17.0 Å². The van der Waals surface area contributed by atoms with Crippen LogP contribution in [-0.4, -0.2) is 47.8 Å². The lowest BCUT2D eigenvalue weighted by Gasteiger charge is -2.37. The van der Waals surface area contributed by atoms with Crippen molar-refractivity contribution in [1.29, 1.82) is 0 Å². The third-order valence-electron chi connectivity index (χ3n) is 3.06. The smallest absolute Gasteiger partial charge is 0.254 e. The highest BCUT2D eigenvalue weighted by Crippen LogP contribution is 2.17. The molecule has 1 N–H and O–H groups in total. The second-order valence-electron chi connectivity index (χ2n) is 4.49. The molecule has 2 unspecified atom stereocenters. The molecule has 5 heteroatoms. The van der Waals surface area contributed by atoms with Gasteiger partial charge in [0.25, 0.3) is 5.91 Å². The van der Waals surface area contributed by atoms with Gasteiger partial charge in [0.05, 0.1) is 25.4 Å². The number of benzene rings is 1. The quantitative estimate of drug-likeness (QED) is 0.792. The maximum atomic E-state index is 12.4. The lowest BCUT2D eigenvalue weighted by atomic mass is 10.1. The molecule has 1 aromatic carbocycles. The maximum absolute atomic E-state index is 12.4. The highest BCUT2D eigenvalue weighted by molar-refractivity contribution is 7.80. The van der Waals surface area contributed by atoms with Crippen LogP contribution in [0.25, 0.3) is 0 Å². The Bertz CT molecular complexity index is 438. The number of amides is 1. The molecular weight excluding hydrogens is 250 g/mol. The number of aliphatic hydroxyl groups is 1. The summed E-state index contributed by atoms with van der Waals surface area (Å²) in [5.74, 6) is -0.0415. The van der Waals surface area contributed by atoms with E-state index in [-0.39, 0.29) is 24.7 Å². The van der Waals surface area contributed by atoms with Crippen LogP contribution >= 0.6 is 12.6 Å². The standard InChI is InChI=1S/C13H17NO3S/c1-9-8-17-11(7-15)6-14(9)13(16)10-3-2-4-12(18)5-10/h2-5,9,11,15,18H,6-8H2,1H3. The van der Waals surface area contributed by atoms with Gasteiger partial charge in [-0.2, -0.15) is 0 Å². The normalized spacial score (nSPS) is 24.1. The molecule has 4 nitrogen and oxygen atoms in total. The molecule has 1 aromatic rings. The number of carbonyl (C=O) groups excluding carboxylic acids is 1. The molecule has 0 bridgehead atoms. The van der Waals surface area contributed by atoms with Crippen molar-refractivity contribution < 1.29 is 14.6 Å². The van der Waals surface area contributed by atoms with Gasteiger partial charge in [0.1, 0.15) is 0 Å². The first kappa shape index (κ1) is 13.4.